The SMILES string of the molecule is COc1cc(OCC(O)CN2CCN(C(c3ccccc3)c3ccccc3)CC2)c2cccnc2c1. The Bertz CT molecular complexity index is 1200. The van der Waals surface area contributed by atoms with Crippen molar-refractivity contribution < 1.29 is 14.6 Å². The van der Waals surface area contributed by atoms with Crippen LogP contribution in [0.4, 0.5) is 0 Å². The van der Waals surface area contributed by atoms with E-state index in [1.165, 1.54) is 11.1 Å². The van der Waals surface area contributed by atoms with E-state index in [2.05, 4.69) is 75.4 Å². The molecule has 0 aliphatic carbocycles. The fourth-order valence-electron chi connectivity index (χ4n) is 4.99. The Morgan fingerprint density at radius 2 is 1.53 bits per heavy atom. The van der Waals surface area contributed by atoms with E-state index in [-0.39, 0.29) is 12.6 Å². The van der Waals surface area contributed by atoms with Gasteiger partial charge in [0.15, 0.2) is 0 Å². The minimum atomic E-state index is -0.589. The van der Waals surface area contributed by atoms with Crippen molar-refractivity contribution in [2.75, 3.05) is 46.4 Å². The summed E-state index contributed by atoms with van der Waals surface area (Å²) in [7, 11) is 1.63. The quantitative estimate of drug-likeness (QED) is 0.381. The van der Waals surface area contributed by atoms with Gasteiger partial charge in [-0.05, 0) is 23.3 Å². The molecular weight excluding hydrogens is 450 g/mol. The lowest BCUT2D eigenvalue weighted by Gasteiger charge is -2.40. The molecule has 0 amide bonds. The van der Waals surface area contributed by atoms with Crippen LogP contribution in [0.2, 0.25) is 0 Å². The minimum absolute atomic E-state index is 0.216. The van der Waals surface area contributed by atoms with Crippen LogP contribution in [0.15, 0.2) is 91.1 Å². The summed E-state index contributed by atoms with van der Waals surface area (Å²) in [5, 5.41) is 11.7. The van der Waals surface area contributed by atoms with Crippen LogP contribution in [-0.4, -0.2) is 72.4 Å². The molecule has 1 atom stereocenters. The van der Waals surface area contributed by atoms with E-state index in [0.717, 1.165) is 37.1 Å². The van der Waals surface area contributed by atoms with Crippen molar-refractivity contribution in [2.45, 2.75) is 12.1 Å². The molecule has 1 aliphatic rings. The van der Waals surface area contributed by atoms with Crippen molar-refractivity contribution in [3.63, 3.8) is 0 Å². The lowest BCUT2D eigenvalue weighted by Crippen LogP contribution is -2.50. The molecule has 5 rings (SSSR count). The molecule has 1 N–H and O–H groups in total. The summed E-state index contributed by atoms with van der Waals surface area (Å²) in [4.78, 5) is 9.26. The Kier molecular flexibility index (Phi) is 7.76. The summed E-state index contributed by atoms with van der Waals surface area (Å²) >= 11 is 0. The van der Waals surface area contributed by atoms with Gasteiger partial charge in [0, 0.05) is 56.4 Å². The number of aliphatic hydroxyl groups excluding tert-OH is 1. The highest BCUT2D eigenvalue weighted by Gasteiger charge is 2.27. The third kappa shape index (κ3) is 5.68. The van der Waals surface area contributed by atoms with Gasteiger partial charge in [-0.25, -0.2) is 0 Å². The lowest BCUT2D eigenvalue weighted by molar-refractivity contribution is 0.0403. The van der Waals surface area contributed by atoms with Gasteiger partial charge in [0.05, 0.1) is 18.7 Å². The molecular formula is C30H33N3O3. The van der Waals surface area contributed by atoms with Crippen LogP contribution in [0.1, 0.15) is 17.2 Å². The molecule has 0 radical (unpaired) electrons. The summed E-state index contributed by atoms with van der Waals surface area (Å²) in [6.07, 6.45) is 1.16. The van der Waals surface area contributed by atoms with E-state index < -0.39 is 6.10 Å². The zero-order valence-corrected chi connectivity index (χ0v) is 20.7. The number of hydrogen-bond acceptors (Lipinski definition) is 6. The van der Waals surface area contributed by atoms with Gasteiger partial charge in [0.2, 0.25) is 0 Å². The second-order valence-electron chi connectivity index (χ2n) is 9.22. The maximum Gasteiger partial charge on any atom is 0.132 e. The Morgan fingerprint density at radius 3 is 2.17 bits per heavy atom. The van der Waals surface area contributed by atoms with Crippen LogP contribution < -0.4 is 9.47 Å². The predicted molar refractivity (Wildman–Crippen MR) is 143 cm³/mol. The van der Waals surface area contributed by atoms with E-state index in [9.17, 15) is 5.11 Å². The minimum Gasteiger partial charge on any atom is -0.497 e. The second-order valence-corrected chi connectivity index (χ2v) is 9.22. The number of piperazine rings is 1. The van der Waals surface area contributed by atoms with Crippen LogP contribution in [0.3, 0.4) is 0 Å². The summed E-state index contributed by atoms with van der Waals surface area (Å²) in [5.74, 6) is 1.36. The monoisotopic (exact) mass is 483 g/mol. The molecule has 6 nitrogen and oxygen atoms in total. The molecule has 0 spiro atoms. The van der Waals surface area contributed by atoms with Crippen molar-refractivity contribution >= 4 is 10.9 Å². The number of fused-ring (bicyclic) bond motifs is 1. The average Bonchev–Trinajstić information content (AvgIpc) is 2.94. The molecule has 2 heterocycles. The van der Waals surface area contributed by atoms with E-state index in [4.69, 9.17) is 9.47 Å². The first-order chi connectivity index (χ1) is 17.7. The first-order valence-corrected chi connectivity index (χ1v) is 12.5. The number of ether oxygens (including phenoxy) is 2. The van der Waals surface area contributed by atoms with E-state index >= 15 is 0 Å². The zero-order chi connectivity index (χ0) is 24.7. The topological polar surface area (TPSA) is 58.1 Å². The standard InChI is InChI=1S/C30H33N3O3/c1-35-26-19-28-27(13-8-14-31-28)29(20-26)36-22-25(34)21-32-15-17-33(18-16-32)30(23-9-4-2-5-10-23)24-11-6-3-7-12-24/h2-14,19-20,25,30,34H,15-18,21-22H2,1H3. The van der Waals surface area contributed by atoms with Crippen LogP contribution in [-0.2, 0) is 0 Å². The Morgan fingerprint density at radius 1 is 0.861 bits per heavy atom. The smallest absolute Gasteiger partial charge is 0.132 e. The highest BCUT2D eigenvalue weighted by molar-refractivity contribution is 5.86. The lowest BCUT2D eigenvalue weighted by atomic mass is 9.96. The van der Waals surface area contributed by atoms with Gasteiger partial charge in [0.1, 0.15) is 24.2 Å². The largest absolute Gasteiger partial charge is 0.497 e. The molecule has 0 bridgehead atoms. The third-order valence-electron chi connectivity index (χ3n) is 6.79. The predicted octanol–water partition coefficient (Wildman–Crippen LogP) is 4.39. The van der Waals surface area contributed by atoms with Crippen LogP contribution in [0.25, 0.3) is 10.9 Å². The number of β-amino-alcohol motifs (C(OH)–C–C–N with tert-alkyl or cyclic N) is 1. The zero-order valence-electron chi connectivity index (χ0n) is 20.7. The van der Waals surface area contributed by atoms with Crippen molar-refractivity contribution in [3.05, 3.63) is 102 Å². The summed E-state index contributed by atoms with van der Waals surface area (Å²) in [6.45, 7) is 4.48. The molecule has 1 aromatic heterocycles. The number of aliphatic hydroxyl groups is 1. The molecule has 1 saturated heterocycles. The van der Waals surface area contributed by atoms with Crippen LogP contribution in [0, 0.1) is 0 Å². The van der Waals surface area contributed by atoms with Crippen molar-refractivity contribution in [1.82, 2.24) is 14.8 Å². The summed E-state index contributed by atoms with van der Waals surface area (Å²) in [6, 6.07) is 29.2. The van der Waals surface area contributed by atoms with Crippen molar-refractivity contribution in [1.29, 1.82) is 0 Å². The maximum absolute atomic E-state index is 10.8. The highest BCUT2D eigenvalue weighted by atomic mass is 16.5. The van der Waals surface area contributed by atoms with Gasteiger partial charge in [-0.15, -0.1) is 0 Å². The van der Waals surface area contributed by atoms with Crippen LogP contribution in [0.5, 0.6) is 11.5 Å². The molecule has 36 heavy (non-hydrogen) atoms. The van der Waals surface area contributed by atoms with Crippen LogP contribution >= 0.6 is 0 Å². The van der Waals surface area contributed by atoms with Gasteiger partial charge in [-0.1, -0.05) is 60.7 Å². The second kappa shape index (κ2) is 11.5. The molecule has 4 aromatic rings. The number of methoxy groups -OCH3 is 1. The molecule has 0 saturated carbocycles. The molecule has 3 aromatic carbocycles. The molecule has 1 unspecified atom stereocenters. The van der Waals surface area contributed by atoms with Gasteiger partial charge in [-0.2, -0.15) is 0 Å². The molecule has 1 aliphatic heterocycles. The normalized spacial score (nSPS) is 15.8. The first-order valence-electron chi connectivity index (χ1n) is 12.5. The number of aromatic nitrogens is 1. The van der Waals surface area contributed by atoms with Gasteiger partial charge in [0.25, 0.3) is 0 Å². The third-order valence-corrected chi connectivity index (χ3v) is 6.79. The molecule has 6 heteroatoms. The maximum atomic E-state index is 10.8. The van der Waals surface area contributed by atoms with E-state index in [0.29, 0.717) is 18.0 Å². The number of hydrogen-bond donors (Lipinski definition) is 1. The fraction of sp³-hybridized carbons (Fsp3) is 0.300. The molecule has 1 fully saturated rings. The first kappa shape index (κ1) is 24.3. The Balaban J connectivity index is 1.19. The van der Waals surface area contributed by atoms with E-state index in [1.807, 2.05) is 24.3 Å². The number of rotatable bonds is 9. The summed E-state index contributed by atoms with van der Waals surface area (Å²) in [5.41, 5.74) is 3.43. The summed E-state index contributed by atoms with van der Waals surface area (Å²) < 4.78 is 11.4. The van der Waals surface area contributed by atoms with Gasteiger partial charge < -0.3 is 14.6 Å². The average molecular weight is 484 g/mol. The van der Waals surface area contributed by atoms with Gasteiger partial charge >= 0.3 is 0 Å². The molecule has 186 valence electrons. The number of benzene rings is 3. The van der Waals surface area contributed by atoms with Crippen molar-refractivity contribution in [3.8, 4) is 11.5 Å². The fourth-order valence-corrected chi connectivity index (χ4v) is 4.99. The van der Waals surface area contributed by atoms with Gasteiger partial charge in [-0.3, -0.25) is 14.8 Å². The Labute approximate surface area is 212 Å². The van der Waals surface area contributed by atoms with Crippen molar-refractivity contribution in [2.24, 2.45) is 0 Å². The number of nitrogens with zero attached hydrogens (tertiary/aromatic N) is 3. The Hall–Kier alpha value is -3.45. The highest BCUT2D eigenvalue weighted by Crippen LogP contribution is 2.31. The number of pyridine rings is 1. The van der Waals surface area contributed by atoms with E-state index in [1.54, 1.807) is 13.3 Å².